The Morgan fingerprint density at radius 2 is 2.10 bits per heavy atom. The lowest BCUT2D eigenvalue weighted by atomic mass is 10.0. The smallest absolute Gasteiger partial charge is 0.224 e. The summed E-state index contributed by atoms with van der Waals surface area (Å²) < 4.78 is 5.35. The van der Waals surface area contributed by atoms with Gasteiger partial charge in [0.1, 0.15) is 5.58 Å². The van der Waals surface area contributed by atoms with Gasteiger partial charge in [0.05, 0.1) is 12.7 Å². The fourth-order valence-corrected chi connectivity index (χ4v) is 2.63. The minimum Gasteiger partial charge on any atom is -0.464 e. The molecule has 0 atom stereocenters. The van der Waals surface area contributed by atoms with E-state index in [0.29, 0.717) is 12.5 Å². The summed E-state index contributed by atoms with van der Waals surface area (Å²) in [6, 6.07) is 8.07. The second kappa shape index (κ2) is 6.77. The van der Waals surface area contributed by atoms with E-state index in [-0.39, 0.29) is 18.3 Å². The van der Waals surface area contributed by atoms with Crippen LogP contribution in [0.5, 0.6) is 0 Å². The SMILES string of the molecule is Cl.O=C(Cc1cccc2occc12)NC1CCNCC1. The first-order valence-corrected chi connectivity index (χ1v) is 6.78. The molecule has 1 fully saturated rings. The van der Waals surface area contributed by atoms with Gasteiger partial charge >= 0.3 is 0 Å². The third kappa shape index (κ3) is 3.32. The zero-order valence-electron chi connectivity index (χ0n) is 11.2. The van der Waals surface area contributed by atoms with E-state index in [9.17, 15) is 4.79 Å². The highest BCUT2D eigenvalue weighted by Gasteiger charge is 2.16. The predicted octanol–water partition coefficient (Wildman–Crippen LogP) is 2.27. The van der Waals surface area contributed by atoms with Gasteiger partial charge < -0.3 is 15.1 Å². The summed E-state index contributed by atoms with van der Waals surface area (Å²) in [5.41, 5.74) is 1.87. The molecule has 0 aliphatic carbocycles. The van der Waals surface area contributed by atoms with Crippen molar-refractivity contribution in [2.45, 2.75) is 25.3 Å². The van der Waals surface area contributed by atoms with Gasteiger partial charge in [-0.25, -0.2) is 0 Å². The van der Waals surface area contributed by atoms with Gasteiger partial charge in [0.2, 0.25) is 5.91 Å². The number of fused-ring (bicyclic) bond motifs is 1. The third-order valence-corrected chi connectivity index (χ3v) is 3.64. The summed E-state index contributed by atoms with van der Waals surface area (Å²) in [4.78, 5) is 12.1. The van der Waals surface area contributed by atoms with Gasteiger partial charge in [-0.3, -0.25) is 4.79 Å². The Kier molecular flexibility index (Phi) is 5.04. The number of nitrogens with one attached hydrogen (secondary N) is 2. The van der Waals surface area contributed by atoms with Gasteiger partial charge in [-0.05, 0) is 43.6 Å². The molecular formula is C15H19ClN2O2. The lowest BCUT2D eigenvalue weighted by Gasteiger charge is -2.23. The van der Waals surface area contributed by atoms with E-state index >= 15 is 0 Å². The standard InChI is InChI=1S/C15H18N2O2.ClH/c18-15(17-12-4-7-16-8-5-12)10-11-2-1-3-14-13(11)6-9-19-14;/h1-3,6,9,12,16H,4-5,7-8,10H2,(H,17,18);1H. The van der Waals surface area contributed by atoms with E-state index in [1.807, 2.05) is 24.3 Å². The van der Waals surface area contributed by atoms with Gasteiger partial charge in [0.15, 0.2) is 0 Å². The first-order chi connectivity index (χ1) is 9.33. The highest BCUT2D eigenvalue weighted by Crippen LogP contribution is 2.20. The number of hydrogen-bond donors (Lipinski definition) is 2. The van der Waals surface area contributed by atoms with Crippen molar-refractivity contribution in [1.29, 1.82) is 0 Å². The first-order valence-electron chi connectivity index (χ1n) is 6.78. The largest absolute Gasteiger partial charge is 0.464 e. The van der Waals surface area contributed by atoms with Gasteiger partial charge in [-0.15, -0.1) is 12.4 Å². The van der Waals surface area contributed by atoms with E-state index in [0.717, 1.165) is 42.5 Å². The Morgan fingerprint density at radius 3 is 2.90 bits per heavy atom. The first kappa shape index (κ1) is 14.9. The quantitative estimate of drug-likeness (QED) is 0.913. The molecule has 108 valence electrons. The van der Waals surface area contributed by atoms with Crippen LogP contribution in [-0.2, 0) is 11.2 Å². The molecule has 1 amide bonds. The molecule has 2 N–H and O–H groups in total. The topological polar surface area (TPSA) is 54.3 Å². The number of hydrogen-bond acceptors (Lipinski definition) is 3. The Hall–Kier alpha value is -1.52. The lowest BCUT2D eigenvalue weighted by Crippen LogP contribution is -2.43. The van der Waals surface area contributed by atoms with Gasteiger partial charge in [0.25, 0.3) is 0 Å². The van der Waals surface area contributed by atoms with Gasteiger partial charge in [-0.2, -0.15) is 0 Å². The van der Waals surface area contributed by atoms with E-state index in [1.54, 1.807) is 6.26 Å². The minimum absolute atomic E-state index is 0. The van der Waals surface area contributed by atoms with Crippen LogP contribution in [0.2, 0.25) is 0 Å². The summed E-state index contributed by atoms with van der Waals surface area (Å²) in [6.07, 6.45) is 4.11. The molecule has 1 aromatic carbocycles. The maximum Gasteiger partial charge on any atom is 0.224 e. The van der Waals surface area contributed by atoms with Crippen LogP contribution < -0.4 is 10.6 Å². The fourth-order valence-electron chi connectivity index (χ4n) is 2.63. The molecule has 0 saturated carbocycles. The summed E-state index contributed by atoms with van der Waals surface area (Å²) in [6.45, 7) is 1.98. The van der Waals surface area contributed by atoms with Crippen molar-refractivity contribution < 1.29 is 9.21 Å². The number of furan rings is 1. The lowest BCUT2D eigenvalue weighted by molar-refractivity contribution is -0.121. The Morgan fingerprint density at radius 1 is 1.30 bits per heavy atom. The molecule has 0 radical (unpaired) electrons. The van der Waals surface area contributed by atoms with Crippen LogP contribution in [-0.4, -0.2) is 25.0 Å². The van der Waals surface area contributed by atoms with Crippen LogP contribution in [0.4, 0.5) is 0 Å². The van der Waals surface area contributed by atoms with Crippen molar-refractivity contribution in [3.8, 4) is 0 Å². The van der Waals surface area contributed by atoms with Crippen molar-refractivity contribution in [1.82, 2.24) is 10.6 Å². The molecular weight excluding hydrogens is 276 g/mol. The molecule has 0 spiro atoms. The number of amides is 1. The van der Waals surface area contributed by atoms with E-state index in [1.165, 1.54) is 0 Å². The second-order valence-corrected chi connectivity index (χ2v) is 5.02. The number of halogens is 1. The molecule has 4 nitrogen and oxygen atoms in total. The molecule has 20 heavy (non-hydrogen) atoms. The third-order valence-electron chi connectivity index (χ3n) is 3.64. The van der Waals surface area contributed by atoms with Crippen molar-refractivity contribution in [2.75, 3.05) is 13.1 Å². The predicted molar refractivity (Wildman–Crippen MR) is 81.2 cm³/mol. The summed E-state index contributed by atoms with van der Waals surface area (Å²) >= 11 is 0. The zero-order valence-corrected chi connectivity index (χ0v) is 12.0. The molecule has 0 bridgehead atoms. The van der Waals surface area contributed by atoms with Crippen molar-refractivity contribution in [3.63, 3.8) is 0 Å². The second-order valence-electron chi connectivity index (χ2n) is 5.02. The number of rotatable bonds is 3. The molecule has 3 rings (SSSR count). The number of benzene rings is 1. The Balaban J connectivity index is 0.00000147. The summed E-state index contributed by atoms with van der Waals surface area (Å²) in [5, 5.41) is 7.44. The van der Waals surface area contributed by atoms with E-state index in [4.69, 9.17) is 4.42 Å². The number of carbonyl (C=O) groups is 1. The van der Waals surface area contributed by atoms with E-state index in [2.05, 4.69) is 10.6 Å². The molecule has 1 aliphatic rings. The van der Waals surface area contributed by atoms with Crippen LogP contribution in [0.3, 0.4) is 0 Å². The Labute approximate surface area is 124 Å². The minimum atomic E-state index is 0. The van der Waals surface area contributed by atoms with Crippen molar-refractivity contribution in [3.05, 3.63) is 36.1 Å². The van der Waals surface area contributed by atoms with Crippen molar-refractivity contribution >= 4 is 29.3 Å². The molecule has 0 unspecified atom stereocenters. The summed E-state index contributed by atoms with van der Waals surface area (Å²) in [7, 11) is 0. The molecule has 5 heteroatoms. The van der Waals surface area contributed by atoms with Crippen LogP contribution in [0.15, 0.2) is 34.9 Å². The van der Waals surface area contributed by atoms with Crippen molar-refractivity contribution in [2.24, 2.45) is 0 Å². The normalized spacial score (nSPS) is 15.8. The molecule has 2 aromatic rings. The van der Waals surface area contributed by atoms with Crippen LogP contribution in [0, 0.1) is 0 Å². The summed E-state index contributed by atoms with van der Waals surface area (Å²) in [5.74, 6) is 0.0978. The molecule has 1 aromatic heterocycles. The van der Waals surface area contributed by atoms with Crippen LogP contribution in [0.25, 0.3) is 11.0 Å². The number of carbonyl (C=O) groups excluding carboxylic acids is 1. The average molecular weight is 295 g/mol. The van der Waals surface area contributed by atoms with E-state index < -0.39 is 0 Å². The van der Waals surface area contributed by atoms with Crippen LogP contribution in [0.1, 0.15) is 18.4 Å². The fraction of sp³-hybridized carbons (Fsp3) is 0.400. The monoisotopic (exact) mass is 294 g/mol. The average Bonchev–Trinajstić information content (AvgIpc) is 2.89. The highest BCUT2D eigenvalue weighted by atomic mass is 35.5. The molecule has 2 heterocycles. The maximum atomic E-state index is 12.1. The number of piperidine rings is 1. The molecule has 1 aliphatic heterocycles. The zero-order chi connectivity index (χ0) is 13.1. The molecule has 1 saturated heterocycles. The maximum absolute atomic E-state index is 12.1. The highest BCUT2D eigenvalue weighted by molar-refractivity contribution is 5.87. The van der Waals surface area contributed by atoms with Gasteiger partial charge in [-0.1, -0.05) is 12.1 Å². The van der Waals surface area contributed by atoms with Crippen LogP contribution >= 0.6 is 12.4 Å². The Bertz CT molecular complexity index is 576. The van der Waals surface area contributed by atoms with Gasteiger partial charge in [0, 0.05) is 11.4 Å².